The van der Waals surface area contributed by atoms with Crippen LogP contribution in [-0.4, -0.2) is 44.4 Å². The summed E-state index contributed by atoms with van der Waals surface area (Å²) in [5.74, 6) is 1.34. The van der Waals surface area contributed by atoms with Crippen molar-refractivity contribution in [2.24, 2.45) is 0 Å². The highest BCUT2D eigenvalue weighted by Crippen LogP contribution is 2.42. The van der Waals surface area contributed by atoms with Gasteiger partial charge in [-0.05, 0) is 61.9 Å². The molecule has 36 heavy (non-hydrogen) atoms. The van der Waals surface area contributed by atoms with Crippen LogP contribution < -0.4 is 14.8 Å². The summed E-state index contributed by atoms with van der Waals surface area (Å²) in [4.78, 5) is 13.4. The number of ether oxygens (including phenoxy) is 2. The molecule has 1 amide bonds. The third-order valence-corrected chi connectivity index (χ3v) is 9.54. The van der Waals surface area contributed by atoms with Crippen molar-refractivity contribution in [1.82, 2.24) is 9.62 Å². The lowest BCUT2D eigenvalue weighted by Crippen LogP contribution is -2.44. The minimum Gasteiger partial charge on any atom is -0.496 e. The standard InChI is InChI=1S/C28H38N2O5S/c1-4-28(5-2)20-24(23-11-7-8-12-26(23)35-28)29-27(31)16-13-21-19-22(14-15-25(21)34-3)36(32,33)30-17-9-6-10-18-30/h7-8,11-12,14-15,19,24H,4-6,9-10,13,16-18,20H2,1-3H3,(H,29,31)/t24-/m1/s1. The zero-order valence-corrected chi connectivity index (χ0v) is 22.4. The van der Waals surface area contributed by atoms with E-state index in [2.05, 4.69) is 19.2 Å². The summed E-state index contributed by atoms with van der Waals surface area (Å²) in [7, 11) is -2.00. The number of hydrogen-bond acceptors (Lipinski definition) is 5. The predicted molar refractivity (Wildman–Crippen MR) is 140 cm³/mol. The molecule has 0 saturated carbocycles. The maximum absolute atomic E-state index is 13.2. The van der Waals surface area contributed by atoms with Crippen LogP contribution in [0, 0.1) is 0 Å². The number of sulfonamides is 1. The van der Waals surface area contributed by atoms with Gasteiger partial charge in [-0.3, -0.25) is 4.79 Å². The SMILES string of the molecule is CCC1(CC)C[C@@H](NC(=O)CCc2cc(S(=O)(=O)N3CCCCC3)ccc2OC)c2ccccc2O1. The molecule has 2 aromatic carbocycles. The van der Waals surface area contributed by atoms with Crippen LogP contribution in [0.2, 0.25) is 0 Å². The van der Waals surface area contributed by atoms with Crippen molar-refractivity contribution in [2.75, 3.05) is 20.2 Å². The molecule has 8 heteroatoms. The van der Waals surface area contributed by atoms with Gasteiger partial charge in [0.25, 0.3) is 0 Å². The van der Waals surface area contributed by atoms with Gasteiger partial charge in [0, 0.05) is 31.5 Å². The zero-order chi connectivity index (χ0) is 25.8. The Balaban J connectivity index is 1.48. The number of hydrogen-bond donors (Lipinski definition) is 1. The fourth-order valence-corrected chi connectivity index (χ4v) is 6.88. The molecule has 2 aliphatic rings. The summed E-state index contributed by atoms with van der Waals surface area (Å²) >= 11 is 0. The third kappa shape index (κ3) is 5.54. The van der Waals surface area contributed by atoms with Crippen LogP contribution in [0.3, 0.4) is 0 Å². The predicted octanol–water partition coefficient (Wildman–Crippen LogP) is 5.00. The topological polar surface area (TPSA) is 84.9 Å². The number of para-hydroxylation sites is 1. The summed E-state index contributed by atoms with van der Waals surface area (Å²) < 4.78 is 39.7. The monoisotopic (exact) mass is 514 g/mol. The summed E-state index contributed by atoms with van der Waals surface area (Å²) in [6.07, 6.45) is 5.88. The molecule has 0 aliphatic carbocycles. The van der Waals surface area contributed by atoms with Crippen molar-refractivity contribution < 1.29 is 22.7 Å². The number of rotatable bonds is 9. The van der Waals surface area contributed by atoms with Gasteiger partial charge in [0.15, 0.2) is 0 Å². The van der Waals surface area contributed by atoms with E-state index in [0.717, 1.165) is 55.4 Å². The van der Waals surface area contributed by atoms with E-state index in [0.29, 0.717) is 25.3 Å². The summed E-state index contributed by atoms with van der Waals surface area (Å²) in [5.41, 5.74) is 1.41. The molecule has 0 spiro atoms. The Kier molecular flexibility index (Phi) is 8.25. The van der Waals surface area contributed by atoms with Gasteiger partial charge in [-0.1, -0.05) is 38.5 Å². The lowest BCUT2D eigenvalue weighted by Gasteiger charge is -2.41. The van der Waals surface area contributed by atoms with E-state index in [9.17, 15) is 13.2 Å². The first-order valence-electron chi connectivity index (χ1n) is 13.1. The molecule has 2 aliphatic heterocycles. The summed E-state index contributed by atoms with van der Waals surface area (Å²) in [6, 6.07) is 12.7. The Morgan fingerprint density at radius 2 is 1.83 bits per heavy atom. The first-order chi connectivity index (χ1) is 17.3. The maximum Gasteiger partial charge on any atom is 0.243 e. The molecule has 196 valence electrons. The Bertz CT molecular complexity index is 1170. The number of fused-ring (bicyclic) bond motifs is 1. The normalized spacial score (nSPS) is 19.7. The average Bonchev–Trinajstić information content (AvgIpc) is 2.92. The fraction of sp³-hybridized carbons (Fsp3) is 0.536. The number of nitrogens with zero attached hydrogens (tertiary/aromatic N) is 1. The van der Waals surface area contributed by atoms with Crippen LogP contribution >= 0.6 is 0 Å². The largest absolute Gasteiger partial charge is 0.496 e. The second-order valence-electron chi connectivity index (χ2n) is 9.79. The molecule has 2 aromatic rings. The van der Waals surface area contributed by atoms with Crippen LogP contribution in [-0.2, 0) is 21.2 Å². The Morgan fingerprint density at radius 1 is 1.11 bits per heavy atom. The van der Waals surface area contributed by atoms with E-state index < -0.39 is 10.0 Å². The molecule has 1 N–H and O–H groups in total. The van der Waals surface area contributed by atoms with Crippen molar-refractivity contribution >= 4 is 15.9 Å². The molecule has 0 aromatic heterocycles. The Hall–Kier alpha value is -2.58. The van der Waals surface area contributed by atoms with Gasteiger partial charge in [0.2, 0.25) is 15.9 Å². The molecule has 7 nitrogen and oxygen atoms in total. The fourth-order valence-electron chi connectivity index (χ4n) is 5.31. The number of benzene rings is 2. The number of carbonyl (C=O) groups excluding carboxylic acids is 1. The summed E-state index contributed by atoms with van der Waals surface area (Å²) in [6.45, 7) is 5.34. The Morgan fingerprint density at radius 3 is 2.53 bits per heavy atom. The van der Waals surface area contributed by atoms with Crippen molar-refractivity contribution in [2.45, 2.75) is 81.8 Å². The van der Waals surface area contributed by atoms with Crippen molar-refractivity contribution in [3.05, 3.63) is 53.6 Å². The van der Waals surface area contributed by atoms with Gasteiger partial charge in [0.05, 0.1) is 18.0 Å². The quantitative estimate of drug-likeness (QED) is 0.509. The number of piperidine rings is 1. The van der Waals surface area contributed by atoms with Crippen molar-refractivity contribution in [3.8, 4) is 11.5 Å². The molecule has 4 rings (SSSR count). The van der Waals surface area contributed by atoms with Crippen LogP contribution in [0.4, 0.5) is 0 Å². The van der Waals surface area contributed by atoms with Gasteiger partial charge in [-0.25, -0.2) is 8.42 Å². The molecule has 0 unspecified atom stereocenters. The van der Waals surface area contributed by atoms with Crippen LogP contribution in [0.15, 0.2) is 47.4 Å². The molecule has 0 radical (unpaired) electrons. The van der Waals surface area contributed by atoms with E-state index >= 15 is 0 Å². The minimum atomic E-state index is -3.56. The molecular weight excluding hydrogens is 476 g/mol. The number of nitrogens with one attached hydrogen (secondary N) is 1. The van der Waals surface area contributed by atoms with Gasteiger partial charge >= 0.3 is 0 Å². The highest BCUT2D eigenvalue weighted by atomic mass is 32.2. The second kappa shape index (κ2) is 11.2. The van der Waals surface area contributed by atoms with Gasteiger partial charge in [-0.15, -0.1) is 0 Å². The zero-order valence-electron chi connectivity index (χ0n) is 21.6. The van der Waals surface area contributed by atoms with Crippen LogP contribution in [0.25, 0.3) is 0 Å². The van der Waals surface area contributed by atoms with E-state index in [-0.39, 0.29) is 28.9 Å². The number of carbonyl (C=O) groups is 1. The highest BCUT2D eigenvalue weighted by Gasteiger charge is 2.39. The molecule has 1 atom stereocenters. The third-order valence-electron chi connectivity index (χ3n) is 7.65. The van der Waals surface area contributed by atoms with Crippen molar-refractivity contribution in [1.29, 1.82) is 0 Å². The van der Waals surface area contributed by atoms with E-state index in [1.807, 2.05) is 24.3 Å². The lowest BCUT2D eigenvalue weighted by atomic mass is 9.83. The minimum absolute atomic E-state index is 0.0795. The second-order valence-corrected chi connectivity index (χ2v) is 11.7. The van der Waals surface area contributed by atoms with Gasteiger partial charge < -0.3 is 14.8 Å². The van der Waals surface area contributed by atoms with Gasteiger partial charge in [-0.2, -0.15) is 4.31 Å². The van der Waals surface area contributed by atoms with Gasteiger partial charge in [0.1, 0.15) is 17.1 Å². The van der Waals surface area contributed by atoms with E-state index in [4.69, 9.17) is 9.47 Å². The summed E-state index contributed by atoms with van der Waals surface area (Å²) in [5, 5.41) is 3.22. The molecule has 1 fully saturated rings. The van der Waals surface area contributed by atoms with E-state index in [1.54, 1.807) is 29.6 Å². The molecule has 2 heterocycles. The molecular formula is C28H38N2O5S. The van der Waals surface area contributed by atoms with E-state index in [1.165, 1.54) is 0 Å². The molecule has 0 bridgehead atoms. The smallest absolute Gasteiger partial charge is 0.243 e. The maximum atomic E-state index is 13.2. The first-order valence-corrected chi connectivity index (χ1v) is 14.5. The van der Waals surface area contributed by atoms with Crippen LogP contribution in [0.1, 0.15) is 76.0 Å². The number of methoxy groups -OCH3 is 1. The number of amides is 1. The highest BCUT2D eigenvalue weighted by molar-refractivity contribution is 7.89. The molecule has 1 saturated heterocycles. The lowest BCUT2D eigenvalue weighted by molar-refractivity contribution is -0.122. The average molecular weight is 515 g/mol. The Labute approximate surface area is 215 Å². The van der Waals surface area contributed by atoms with Crippen LogP contribution in [0.5, 0.6) is 11.5 Å². The first kappa shape index (κ1) is 26.5. The van der Waals surface area contributed by atoms with Crippen molar-refractivity contribution in [3.63, 3.8) is 0 Å². The number of aryl methyl sites for hydroxylation is 1.